The average Bonchev–Trinajstić information content (AvgIpc) is 3.87. The summed E-state index contributed by atoms with van der Waals surface area (Å²) in [5.74, 6) is -1.30. The van der Waals surface area contributed by atoms with Crippen molar-refractivity contribution in [2.45, 2.75) is 129 Å². The Labute approximate surface area is 318 Å². The Morgan fingerprint density at radius 1 is 0.642 bits per heavy atom. The first kappa shape index (κ1) is 43.4. The molecule has 10 nitrogen and oxygen atoms in total. The van der Waals surface area contributed by atoms with E-state index in [2.05, 4.69) is 26.2 Å². The van der Waals surface area contributed by atoms with Gasteiger partial charge in [0.15, 0.2) is 5.78 Å². The highest BCUT2D eigenvalue weighted by Gasteiger charge is 2.48. The third-order valence-electron chi connectivity index (χ3n) is 9.92. The summed E-state index contributed by atoms with van der Waals surface area (Å²) in [7, 11) is 4.05. The highest BCUT2D eigenvalue weighted by Crippen LogP contribution is 2.47. The number of benzene rings is 2. The van der Waals surface area contributed by atoms with E-state index >= 15 is 0 Å². The number of carbonyl (C=O) groups excluding carboxylic acids is 5. The zero-order valence-corrected chi connectivity index (χ0v) is 33.2. The molecule has 0 heterocycles. The summed E-state index contributed by atoms with van der Waals surface area (Å²) in [4.78, 5) is 70.7. The molecule has 10 heteroatoms. The maximum Gasteiger partial charge on any atom is 0.243 e. The molecule has 2 aromatic rings. The van der Waals surface area contributed by atoms with Gasteiger partial charge >= 0.3 is 0 Å². The van der Waals surface area contributed by atoms with Crippen molar-refractivity contribution in [2.75, 3.05) is 20.6 Å². The van der Waals surface area contributed by atoms with Crippen LogP contribution in [0.25, 0.3) is 0 Å². The standard InChI is InChI=1S/C43H65N5O5/c1-30(2)27-35(39(50)43(5)24-25-43)45-42(53)37(29-33-19-13-9-14-20-33)47-41(52)36(28-31(3)4)46-40(51)34(23-22-32-17-11-8-12-18-32)44-38(49)21-15-10-16-26-48(6)7/h8-9,11-14,17-20,30-31,34-37H,10,15-16,21-29H2,1-7H3,(H,44,49)(H,45,53)(H,46,51)(H,47,52)/t34-,35-,36-,37-/m0/s1. The lowest BCUT2D eigenvalue weighted by Crippen LogP contribution is -2.58. The predicted octanol–water partition coefficient (Wildman–Crippen LogP) is 5.38. The predicted molar refractivity (Wildman–Crippen MR) is 211 cm³/mol. The van der Waals surface area contributed by atoms with Crippen LogP contribution in [-0.4, -0.2) is 79.1 Å². The molecule has 4 amide bonds. The van der Waals surface area contributed by atoms with E-state index in [1.165, 1.54) is 0 Å². The van der Waals surface area contributed by atoms with Crippen molar-refractivity contribution in [3.63, 3.8) is 0 Å². The van der Waals surface area contributed by atoms with Crippen LogP contribution >= 0.6 is 0 Å². The molecule has 4 N–H and O–H groups in total. The molecule has 0 radical (unpaired) electrons. The largest absolute Gasteiger partial charge is 0.344 e. The molecule has 4 atom stereocenters. The summed E-state index contributed by atoms with van der Waals surface area (Å²) in [6.45, 7) is 10.9. The molecule has 2 aromatic carbocycles. The van der Waals surface area contributed by atoms with E-state index < -0.39 is 47.3 Å². The zero-order chi connectivity index (χ0) is 39.0. The Kier molecular flexibility index (Phi) is 17.7. The van der Waals surface area contributed by atoms with Crippen LogP contribution in [0.5, 0.6) is 0 Å². The molecule has 0 aliphatic heterocycles. The van der Waals surface area contributed by atoms with Gasteiger partial charge < -0.3 is 26.2 Å². The van der Waals surface area contributed by atoms with E-state index in [1.54, 1.807) is 0 Å². The van der Waals surface area contributed by atoms with Crippen molar-refractivity contribution in [3.05, 3.63) is 71.8 Å². The number of carbonyl (C=O) groups is 5. The minimum Gasteiger partial charge on any atom is -0.344 e. The zero-order valence-electron chi connectivity index (χ0n) is 33.2. The summed E-state index contributed by atoms with van der Waals surface area (Å²) in [5, 5.41) is 11.8. The third-order valence-corrected chi connectivity index (χ3v) is 9.92. The molecule has 0 aromatic heterocycles. The molecule has 1 fully saturated rings. The monoisotopic (exact) mass is 731 g/mol. The van der Waals surface area contributed by atoms with Gasteiger partial charge in [0, 0.05) is 18.3 Å². The summed E-state index contributed by atoms with van der Waals surface area (Å²) in [5.41, 5.74) is 1.47. The fraction of sp³-hybridized carbons (Fsp3) is 0.605. The molecule has 3 rings (SSSR count). The van der Waals surface area contributed by atoms with Gasteiger partial charge in [0.1, 0.15) is 18.1 Å². The Morgan fingerprint density at radius 3 is 1.72 bits per heavy atom. The normalized spacial score (nSPS) is 15.7. The highest BCUT2D eigenvalue weighted by molar-refractivity contribution is 5.97. The van der Waals surface area contributed by atoms with Gasteiger partial charge in [0.2, 0.25) is 23.6 Å². The van der Waals surface area contributed by atoms with Crippen LogP contribution in [0, 0.1) is 17.3 Å². The number of hydrogen-bond acceptors (Lipinski definition) is 6. The second-order valence-corrected chi connectivity index (χ2v) is 16.3. The SMILES string of the molecule is CC(C)C[C@H](NC(=O)[C@H](CCc1ccccc1)NC(=O)CCCCCN(C)C)C(=O)N[C@@H](Cc1ccccc1)C(=O)N[C@@H](CC(C)C)C(=O)C1(C)CC1. The molecule has 0 spiro atoms. The Hall–Kier alpha value is -4.05. The molecule has 1 saturated carbocycles. The van der Waals surface area contributed by atoms with Crippen LogP contribution in [0.2, 0.25) is 0 Å². The van der Waals surface area contributed by atoms with Gasteiger partial charge in [-0.15, -0.1) is 0 Å². The lowest BCUT2D eigenvalue weighted by atomic mass is 9.91. The van der Waals surface area contributed by atoms with Crippen molar-refractivity contribution in [1.82, 2.24) is 26.2 Å². The number of ketones is 1. The lowest BCUT2D eigenvalue weighted by Gasteiger charge is -2.28. The molecule has 0 saturated heterocycles. The van der Waals surface area contributed by atoms with Crippen molar-refractivity contribution < 1.29 is 24.0 Å². The number of nitrogens with one attached hydrogen (secondary N) is 4. The minimum absolute atomic E-state index is 0.0337. The van der Waals surface area contributed by atoms with Crippen LogP contribution in [0.15, 0.2) is 60.7 Å². The second kappa shape index (κ2) is 21.6. The Morgan fingerprint density at radius 2 is 1.15 bits per heavy atom. The van der Waals surface area contributed by atoms with Gasteiger partial charge in [0.25, 0.3) is 0 Å². The topological polar surface area (TPSA) is 137 Å². The van der Waals surface area contributed by atoms with Crippen LogP contribution in [-0.2, 0) is 36.8 Å². The van der Waals surface area contributed by atoms with Crippen molar-refractivity contribution in [2.24, 2.45) is 17.3 Å². The quantitative estimate of drug-likeness (QED) is 0.107. The van der Waals surface area contributed by atoms with E-state index in [4.69, 9.17) is 0 Å². The fourth-order valence-corrected chi connectivity index (χ4v) is 6.52. The minimum atomic E-state index is -0.980. The van der Waals surface area contributed by atoms with E-state index in [9.17, 15) is 24.0 Å². The number of hydrogen-bond donors (Lipinski definition) is 4. The van der Waals surface area contributed by atoms with Crippen LogP contribution in [0.3, 0.4) is 0 Å². The number of rotatable bonds is 24. The van der Waals surface area contributed by atoms with E-state index in [0.29, 0.717) is 32.1 Å². The maximum atomic E-state index is 14.1. The summed E-state index contributed by atoms with van der Waals surface area (Å²) >= 11 is 0. The maximum absolute atomic E-state index is 14.1. The summed E-state index contributed by atoms with van der Waals surface area (Å²) in [6.07, 6.45) is 6.52. The van der Waals surface area contributed by atoms with Gasteiger partial charge in [-0.05, 0) is 95.0 Å². The van der Waals surface area contributed by atoms with Gasteiger partial charge in [-0.2, -0.15) is 0 Å². The van der Waals surface area contributed by atoms with Gasteiger partial charge in [-0.1, -0.05) is 102 Å². The molecule has 0 unspecified atom stereocenters. The molecular weight excluding hydrogens is 667 g/mol. The number of amides is 4. The van der Waals surface area contributed by atoms with Crippen molar-refractivity contribution in [1.29, 1.82) is 0 Å². The number of nitrogens with zero attached hydrogens (tertiary/aromatic N) is 1. The van der Waals surface area contributed by atoms with Gasteiger partial charge in [-0.3, -0.25) is 24.0 Å². The smallest absolute Gasteiger partial charge is 0.243 e. The molecule has 53 heavy (non-hydrogen) atoms. The van der Waals surface area contributed by atoms with Crippen LogP contribution < -0.4 is 21.3 Å². The third kappa shape index (κ3) is 15.8. The molecular formula is C43H65N5O5. The first-order valence-corrected chi connectivity index (χ1v) is 19.6. The molecule has 292 valence electrons. The van der Waals surface area contributed by atoms with Gasteiger partial charge in [-0.25, -0.2) is 0 Å². The highest BCUT2D eigenvalue weighted by atomic mass is 16.2. The van der Waals surface area contributed by atoms with E-state index in [1.807, 2.05) is 109 Å². The van der Waals surface area contributed by atoms with E-state index in [0.717, 1.165) is 49.8 Å². The number of Topliss-reactive ketones (excluding diaryl/α,β-unsaturated/α-hetero) is 1. The summed E-state index contributed by atoms with van der Waals surface area (Å²) < 4.78 is 0. The fourth-order valence-electron chi connectivity index (χ4n) is 6.52. The number of unbranched alkanes of at least 4 members (excludes halogenated alkanes) is 2. The number of aryl methyl sites for hydroxylation is 1. The molecule has 1 aliphatic rings. The van der Waals surface area contributed by atoms with E-state index in [-0.39, 0.29) is 29.9 Å². The Bertz CT molecular complexity index is 1460. The van der Waals surface area contributed by atoms with Crippen LogP contribution in [0.1, 0.15) is 104 Å². The molecule has 1 aliphatic carbocycles. The first-order valence-electron chi connectivity index (χ1n) is 19.6. The Balaban J connectivity index is 1.78. The van der Waals surface area contributed by atoms with Crippen LogP contribution in [0.4, 0.5) is 0 Å². The summed E-state index contributed by atoms with van der Waals surface area (Å²) in [6, 6.07) is 15.8. The first-order chi connectivity index (χ1) is 25.2. The second-order valence-electron chi connectivity index (χ2n) is 16.3. The lowest BCUT2D eigenvalue weighted by molar-refractivity contribution is -0.135. The van der Waals surface area contributed by atoms with Crippen molar-refractivity contribution >= 4 is 29.4 Å². The average molecular weight is 732 g/mol. The van der Waals surface area contributed by atoms with Gasteiger partial charge in [0.05, 0.1) is 6.04 Å². The molecule has 0 bridgehead atoms. The van der Waals surface area contributed by atoms with Crippen molar-refractivity contribution in [3.8, 4) is 0 Å².